The first-order chi connectivity index (χ1) is 11.7. The zero-order chi connectivity index (χ0) is 18.6. The first-order valence-corrected chi connectivity index (χ1v) is 8.53. The molecule has 0 aliphatic carbocycles. The van der Waals surface area contributed by atoms with Crippen molar-refractivity contribution in [2.75, 3.05) is 18.8 Å². The van der Waals surface area contributed by atoms with Gasteiger partial charge in [0.25, 0.3) is 21.6 Å². The fourth-order valence-corrected chi connectivity index (χ4v) is 3.03. The SMILES string of the molecule is CN(C)NC(=O)c1ccc(NS(=O)(=O)c2cccc([N+](=O)[O-])c2)cc1. The molecule has 0 aliphatic rings. The largest absolute Gasteiger partial charge is 0.285 e. The van der Waals surface area contributed by atoms with Gasteiger partial charge in [0.05, 0.1) is 9.82 Å². The molecule has 0 heterocycles. The quantitative estimate of drug-likeness (QED) is 0.593. The van der Waals surface area contributed by atoms with Gasteiger partial charge in [-0.2, -0.15) is 0 Å². The van der Waals surface area contributed by atoms with Crippen LogP contribution >= 0.6 is 0 Å². The van der Waals surface area contributed by atoms with Crippen LogP contribution in [-0.4, -0.2) is 38.4 Å². The van der Waals surface area contributed by atoms with Gasteiger partial charge in [-0.05, 0) is 30.3 Å². The van der Waals surface area contributed by atoms with Crippen molar-refractivity contribution in [2.24, 2.45) is 0 Å². The highest BCUT2D eigenvalue weighted by molar-refractivity contribution is 7.92. The van der Waals surface area contributed by atoms with E-state index in [-0.39, 0.29) is 22.2 Å². The van der Waals surface area contributed by atoms with E-state index < -0.39 is 14.9 Å². The predicted molar refractivity (Wildman–Crippen MR) is 91.5 cm³/mol. The summed E-state index contributed by atoms with van der Waals surface area (Å²) < 4.78 is 27.0. The summed E-state index contributed by atoms with van der Waals surface area (Å²) in [5, 5.41) is 12.3. The summed E-state index contributed by atoms with van der Waals surface area (Å²) in [5.41, 5.74) is 2.82. The number of sulfonamides is 1. The molecule has 0 aliphatic heterocycles. The van der Waals surface area contributed by atoms with E-state index in [4.69, 9.17) is 0 Å². The third-order valence-electron chi connectivity index (χ3n) is 3.06. The molecule has 2 aromatic carbocycles. The molecule has 25 heavy (non-hydrogen) atoms. The van der Waals surface area contributed by atoms with Crippen molar-refractivity contribution in [2.45, 2.75) is 4.90 Å². The summed E-state index contributed by atoms with van der Waals surface area (Å²) in [6.45, 7) is 0. The Labute approximate surface area is 144 Å². The maximum Gasteiger partial charge on any atom is 0.270 e. The molecule has 0 bridgehead atoms. The number of non-ortho nitro benzene ring substituents is 1. The van der Waals surface area contributed by atoms with E-state index in [0.717, 1.165) is 6.07 Å². The molecule has 0 unspecified atom stereocenters. The zero-order valence-corrected chi connectivity index (χ0v) is 14.3. The number of nitrogens with zero attached hydrogens (tertiary/aromatic N) is 2. The second-order valence-electron chi connectivity index (χ2n) is 5.27. The summed E-state index contributed by atoms with van der Waals surface area (Å²) in [4.78, 5) is 21.7. The van der Waals surface area contributed by atoms with Crippen LogP contribution in [0.3, 0.4) is 0 Å². The highest BCUT2D eigenvalue weighted by Crippen LogP contribution is 2.20. The molecule has 0 spiro atoms. The topological polar surface area (TPSA) is 122 Å². The number of nitrogens with one attached hydrogen (secondary N) is 2. The van der Waals surface area contributed by atoms with Gasteiger partial charge in [0, 0.05) is 37.5 Å². The average Bonchev–Trinajstić information content (AvgIpc) is 2.54. The van der Waals surface area contributed by atoms with Crippen molar-refractivity contribution >= 4 is 27.3 Å². The Bertz CT molecular complexity index is 894. The van der Waals surface area contributed by atoms with Gasteiger partial charge in [-0.25, -0.2) is 13.4 Å². The lowest BCUT2D eigenvalue weighted by molar-refractivity contribution is -0.385. The van der Waals surface area contributed by atoms with Gasteiger partial charge in [-0.1, -0.05) is 6.07 Å². The maximum atomic E-state index is 12.3. The van der Waals surface area contributed by atoms with Crippen molar-refractivity contribution < 1.29 is 18.1 Å². The molecule has 0 atom stereocenters. The fourth-order valence-electron chi connectivity index (χ4n) is 1.94. The standard InChI is InChI=1S/C15H16N4O5S/c1-18(2)16-15(20)11-6-8-12(9-7-11)17-25(23,24)14-5-3-4-13(10-14)19(21)22/h3-10,17H,1-2H3,(H,16,20). The average molecular weight is 364 g/mol. The second-order valence-corrected chi connectivity index (χ2v) is 6.96. The van der Waals surface area contributed by atoms with Crippen molar-refractivity contribution in [1.29, 1.82) is 0 Å². The van der Waals surface area contributed by atoms with Gasteiger partial charge in [0.15, 0.2) is 0 Å². The molecule has 0 saturated carbocycles. The molecular weight excluding hydrogens is 348 g/mol. The molecule has 0 aromatic heterocycles. The number of hydrazine groups is 1. The van der Waals surface area contributed by atoms with Gasteiger partial charge >= 0.3 is 0 Å². The van der Waals surface area contributed by atoms with Crippen LogP contribution in [0.4, 0.5) is 11.4 Å². The zero-order valence-electron chi connectivity index (χ0n) is 13.5. The molecule has 2 aromatic rings. The van der Waals surface area contributed by atoms with E-state index in [2.05, 4.69) is 10.1 Å². The highest BCUT2D eigenvalue weighted by Gasteiger charge is 2.18. The normalized spacial score (nSPS) is 11.2. The number of hydrogen-bond donors (Lipinski definition) is 2. The third-order valence-corrected chi connectivity index (χ3v) is 4.44. The number of rotatable bonds is 6. The van der Waals surface area contributed by atoms with Crippen LogP contribution in [0, 0.1) is 10.1 Å². The van der Waals surface area contributed by atoms with Crippen LogP contribution in [0.1, 0.15) is 10.4 Å². The lowest BCUT2D eigenvalue weighted by Crippen LogP contribution is -2.36. The molecule has 0 saturated heterocycles. The minimum Gasteiger partial charge on any atom is -0.285 e. The number of nitro groups is 1. The molecule has 2 N–H and O–H groups in total. The van der Waals surface area contributed by atoms with Crippen LogP contribution in [0.25, 0.3) is 0 Å². The first kappa shape index (κ1) is 18.4. The Morgan fingerprint density at radius 3 is 2.32 bits per heavy atom. The van der Waals surface area contributed by atoms with Crippen molar-refractivity contribution in [3.63, 3.8) is 0 Å². The van der Waals surface area contributed by atoms with E-state index in [9.17, 15) is 23.3 Å². The Morgan fingerprint density at radius 2 is 1.76 bits per heavy atom. The minimum atomic E-state index is -3.98. The molecule has 1 amide bonds. The third kappa shape index (κ3) is 4.75. The van der Waals surface area contributed by atoms with Crippen LogP contribution in [0.5, 0.6) is 0 Å². The number of benzene rings is 2. The summed E-state index contributed by atoms with van der Waals surface area (Å²) in [7, 11) is -0.652. The highest BCUT2D eigenvalue weighted by atomic mass is 32.2. The molecule has 10 heteroatoms. The fraction of sp³-hybridized carbons (Fsp3) is 0.133. The molecule has 0 radical (unpaired) electrons. The van der Waals surface area contributed by atoms with Crippen LogP contribution in [0.2, 0.25) is 0 Å². The number of anilines is 1. The Morgan fingerprint density at radius 1 is 1.12 bits per heavy atom. The van der Waals surface area contributed by atoms with Crippen LogP contribution < -0.4 is 10.1 Å². The van der Waals surface area contributed by atoms with Crippen molar-refractivity contribution in [3.05, 3.63) is 64.2 Å². The maximum absolute atomic E-state index is 12.3. The van der Waals surface area contributed by atoms with Gasteiger partial charge < -0.3 is 0 Å². The lowest BCUT2D eigenvalue weighted by atomic mass is 10.2. The molecule has 2 rings (SSSR count). The van der Waals surface area contributed by atoms with E-state index in [1.54, 1.807) is 14.1 Å². The summed E-state index contributed by atoms with van der Waals surface area (Å²) in [6.07, 6.45) is 0. The van der Waals surface area contributed by atoms with Gasteiger partial charge in [0.2, 0.25) is 0 Å². The number of carbonyl (C=O) groups excluding carboxylic acids is 1. The van der Waals surface area contributed by atoms with Crippen LogP contribution in [0.15, 0.2) is 53.4 Å². The van der Waals surface area contributed by atoms with Crippen molar-refractivity contribution in [3.8, 4) is 0 Å². The number of nitro benzene ring substituents is 1. The second kappa shape index (κ2) is 7.28. The van der Waals surface area contributed by atoms with Gasteiger partial charge in [-0.3, -0.25) is 25.1 Å². The summed E-state index contributed by atoms with van der Waals surface area (Å²) in [6, 6.07) is 10.5. The summed E-state index contributed by atoms with van der Waals surface area (Å²) >= 11 is 0. The summed E-state index contributed by atoms with van der Waals surface area (Å²) in [5.74, 6) is -0.335. The van der Waals surface area contributed by atoms with Crippen molar-refractivity contribution in [1.82, 2.24) is 10.4 Å². The monoisotopic (exact) mass is 364 g/mol. The Kier molecular flexibility index (Phi) is 5.35. The first-order valence-electron chi connectivity index (χ1n) is 7.05. The number of carbonyl (C=O) groups is 1. The van der Waals surface area contributed by atoms with Gasteiger partial charge in [-0.15, -0.1) is 0 Å². The number of amides is 1. The van der Waals surface area contributed by atoms with E-state index in [1.165, 1.54) is 47.5 Å². The molecule has 132 valence electrons. The molecule has 9 nitrogen and oxygen atoms in total. The Balaban J connectivity index is 2.19. The smallest absolute Gasteiger partial charge is 0.270 e. The lowest BCUT2D eigenvalue weighted by Gasteiger charge is -2.12. The molecule has 0 fully saturated rings. The predicted octanol–water partition coefficient (Wildman–Crippen LogP) is 1.60. The van der Waals surface area contributed by atoms with Gasteiger partial charge in [0.1, 0.15) is 0 Å². The minimum absolute atomic E-state index is 0.226. The van der Waals surface area contributed by atoms with E-state index >= 15 is 0 Å². The van der Waals surface area contributed by atoms with E-state index in [0.29, 0.717) is 5.56 Å². The number of hydrogen-bond acceptors (Lipinski definition) is 6. The van der Waals surface area contributed by atoms with Crippen LogP contribution in [-0.2, 0) is 10.0 Å². The Hall–Kier alpha value is -2.98. The molecular formula is C15H16N4O5S. The van der Waals surface area contributed by atoms with E-state index in [1.807, 2.05) is 0 Å².